The van der Waals surface area contributed by atoms with Gasteiger partial charge in [-0.05, 0) is 36.4 Å². The predicted octanol–water partition coefficient (Wildman–Crippen LogP) is 2.49. The summed E-state index contributed by atoms with van der Waals surface area (Å²) in [5, 5.41) is 4.31. The number of carbonyl (C=O) groups excluding carboxylic acids is 1. The molecule has 3 N–H and O–H groups in total. The normalized spacial score (nSPS) is 9.90. The van der Waals surface area contributed by atoms with Crippen molar-refractivity contribution in [2.24, 2.45) is 5.84 Å². The van der Waals surface area contributed by atoms with Crippen LogP contribution in [0.15, 0.2) is 73.4 Å². The summed E-state index contributed by atoms with van der Waals surface area (Å²) in [7, 11) is 2.87. The molecule has 0 saturated heterocycles. The maximum absolute atomic E-state index is 11.8. The minimum absolute atomic E-state index is 0.210. The van der Waals surface area contributed by atoms with Gasteiger partial charge in [-0.3, -0.25) is 15.8 Å². The number of nitrogens with zero attached hydrogens (tertiary/aromatic N) is 5. The van der Waals surface area contributed by atoms with E-state index >= 15 is 0 Å². The first kappa shape index (κ1) is 21.4. The van der Waals surface area contributed by atoms with E-state index in [1.807, 2.05) is 24.3 Å². The van der Waals surface area contributed by atoms with Crippen molar-refractivity contribution in [1.82, 2.24) is 24.7 Å². The molecule has 4 aromatic heterocycles. The van der Waals surface area contributed by atoms with Crippen LogP contribution in [0.4, 0.5) is 5.69 Å². The number of esters is 1. The van der Waals surface area contributed by atoms with Crippen LogP contribution in [-0.2, 0) is 4.74 Å². The summed E-state index contributed by atoms with van der Waals surface area (Å²) < 4.78 is 11.4. The van der Waals surface area contributed by atoms with Crippen LogP contribution in [0.25, 0.3) is 16.9 Å². The number of aromatic nitrogens is 5. The number of nitrogens with one attached hydrogen (secondary N) is 1. The van der Waals surface area contributed by atoms with Crippen LogP contribution in [0.3, 0.4) is 0 Å². The second-order valence-electron chi connectivity index (χ2n) is 6.00. The van der Waals surface area contributed by atoms with Crippen molar-refractivity contribution in [2.75, 3.05) is 19.6 Å². The molecule has 0 unspecified atom stereocenters. The second kappa shape index (κ2) is 10.5. The van der Waals surface area contributed by atoms with Crippen molar-refractivity contribution in [3.05, 3.63) is 79.1 Å². The van der Waals surface area contributed by atoms with Gasteiger partial charge in [0.15, 0.2) is 5.69 Å². The first-order valence-corrected chi connectivity index (χ1v) is 9.12. The second-order valence-corrected chi connectivity index (χ2v) is 6.00. The Labute approximate surface area is 178 Å². The number of nitrogen functional groups attached to an aromatic ring is 1. The minimum atomic E-state index is -0.504. The Morgan fingerprint density at radius 3 is 2.32 bits per heavy atom. The number of methoxy groups -OCH3 is 2. The van der Waals surface area contributed by atoms with Crippen molar-refractivity contribution in [1.29, 1.82) is 0 Å². The molecule has 4 heterocycles. The summed E-state index contributed by atoms with van der Waals surface area (Å²) >= 11 is 0. The molecule has 0 saturated carbocycles. The largest absolute Gasteiger partial charge is 0.481 e. The fourth-order valence-electron chi connectivity index (χ4n) is 2.57. The third-order valence-electron chi connectivity index (χ3n) is 4.06. The van der Waals surface area contributed by atoms with Gasteiger partial charge in [0.25, 0.3) is 0 Å². The maximum Gasteiger partial charge on any atom is 0.358 e. The van der Waals surface area contributed by atoms with Gasteiger partial charge in [-0.15, -0.1) is 0 Å². The van der Waals surface area contributed by atoms with Gasteiger partial charge in [-0.25, -0.2) is 14.5 Å². The van der Waals surface area contributed by atoms with Crippen LogP contribution in [0, 0.1) is 0 Å². The lowest BCUT2D eigenvalue weighted by Gasteiger charge is -2.07. The summed E-state index contributed by atoms with van der Waals surface area (Å²) in [5.41, 5.74) is 5.72. The number of anilines is 1. The summed E-state index contributed by atoms with van der Waals surface area (Å²) in [6, 6.07) is 12.5. The zero-order chi connectivity index (χ0) is 22.1. The highest BCUT2D eigenvalue weighted by atomic mass is 16.5. The smallest absolute Gasteiger partial charge is 0.358 e. The van der Waals surface area contributed by atoms with Crippen LogP contribution >= 0.6 is 0 Å². The fourth-order valence-corrected chi connectivity index (χ4v) is 2.57. The zero-order valence-corrected chi connectivity index (χ0v) is 17.0. The lowest BCUT2D eigenvalue weighted by molar-refractivity contribution is 0.0593. The minimum Gasteiger partial charge on any atom is -0.481 e. The lowest BCUT2D eigenvalue weighted by atomic mass is 10.2. The topological polar surface area (TPSA) is 130 Å². The predicted molar refractivity (Wildman–Crippen MR) is 115 cm³/mol. The van der Waals surface area contributed by atoms with E-state index in [4.69, 9.17) is 15.3 Å². The highest BCUT2D eigenvalue weighted by Gasteiger charge is 2.17. The Morgan fingerprint density at radius 2 is 1.81 bits per heavy atom. The molecule has 0 spiro atoms. The van der Waals surface area contributed by atoms with Crippen molar-refractivity contribution in [3.63, 3.8) is 0 Å². The van der Waals surface area contributed by atoms with Crippen molar-refractivity contribution in [3.8, 4) is 22.8 Å². The third kappa shape index (κ3) is 5.40. The highest BCUT2D eigenvalue weighted by Crippen LogP contribution is 2.24. The van der Waals surface area contributed by atoms with Crippen molar-refractivity contribution >= 4 is 11.7 Å². The van der Waals surface area contributed by atoms with Crippen LogP contribution in [-0.4, -0.2) is 44.9 Å². The molecule has 0 amide bonds. The van der Waals surface area contributed by atoms with Gasteiger partial charge in [0.2, 0.25) is 5.88 Å². The van der Waals surface area contributed by atoms with Gasteiger partial charge in [0.1, 0.15) is 0 Å². The van der Waals surface area contributed by atoms with Crippen LogP contribution in [0.5, 0.6) is 5.88 Å². The molecule has 10 heteroatoms. The fraction of sp³-hybridized carbons (Fsp3) is 0.0952. The quantitative estimate of drug-likeness (QED) is 0.285. The average molecular weight is 419 g/mol. The first-order valence-electron chi connectivity index (χ1n) is 9.12. The molecule has 0 atom stereocenters. The van der Waals surface area contributed by atoms with Crippen LogP contribution in [0.1, 0.15) is 10.5 Å². The Balaban J connectivity index is 0.000000287. The van der Waals surface area contributed by atoms with Gasteiger partial charge in [-0.2, -0.15) is 5.10 Å². The standard InChI is InChI=1S/C16H14N4O3.C5H7N3/c1-22-15-6-5-11(9-18-15)14-8-13(16(21)23-2)19-20(14)12-4-3-7-17-10-12;6-8-5-2-1-3-7-4-5/h3-10H,1-2H3;1-4,8H,6H2. The molecular formula is C21H21N7O3. The Kier molecular flexibility index (Phi) is 7.22. The van der Waals surface area contributed by atoms with Crippen molar-refractivity contribution in [2.45, 2.75) is 0 Å². The number of nitrogens with two attached hydrogens (primary N) is 1. The van der Waals surface area contributed by atoms with Gasteiger partial charge >= 0.3 is 5.97 Å². The van der Waals surface area contributed by atoms with Gasteiger partial charge < -0.3 is 14.9 Å². The van der Waals surface area contributed by atoms with Crippen LogP contribution in [0.2, 0.25) is 0 Å². The molecule has 158 valence electrons. The Hall–Kier alpha value is -4.31. The van der Waals surface area contributed by atoms with E-state index in [-0.39, 0.29) is 5.69 Å². The van der Waals surface area contributed by atoms with E-state index in [2.05, 4.69) is 25.5 Å². The molecule has 0 aliphatic carbocycles. The molecule has 4 rings (SSSR count). The molecule has 0 aromatic carbocycles. The van der Waals surface area contributed by atoms with E-state index in [1.54, 1.807) is 61.0 Å². The number of carbonyl (C=O) groups is 1. The SMILES string of the molecule is COC(=O)c1cc(-c2ccc(OC)nc2)n(-c2cccnc2)n1.NNc1cccnc1. The first-order chi connectivity index (χ1) is 15.2. The molecule has 10 nitrogen and oxygen atoms in total. The molecule has 4 aromatic rings. The third-order valence-corrected chi connectivity index (χ3v) is 4.06. The highest BCUT2D eigenvalue weighted by molar-refractivity contribution is 5.88. The number of rotatable bonds is 5. The monoisotopic (exact) mass is 419 g/mol. The number of hydrogen-bond acceptors (Lipinski definition) is 9. The Bertz CT molecular complexity index is 1100. The molecule has 0 aliphatic rings. The summed E-state index contributed by atoms with van der Waals surface area (Å²) in [6.45, 7) is 0. The molecule has 0 fully saturated rings. The zero-order valence-electron chi connectivity index (χ0n) is 17.0. The summed E-state index contributed by atoms with van der Waals surface area (Å²) in [6.07, 6.45) is 8.34. The number of pyridine rings is 3. The van der Waals surface area contributed by atoms with Gasteiger partial charge in [0, 0.05) is 30.2 Å². The van der Waals surface area contributed by atoms with E-state index < -0.39 is 5.97 Å². The van der Waals surface area contributed by atoms with E-state index in [0.717, 1.165) is 16.9 Å². The number of hydrogen-bond donors (Lipinski definition) is 2. The molecule has 0 radical (unpaired) electrons. The summed E-state index contributed by atoms with van der Waals surface area (Å²) in [4.78, 5) is 23.9. The van der Waals surface area contributed by atoms with E-state index in [1.165, 1.54) is 7.11 Å². The maximum atomic E-state index is 11.8. The molecule has 0 bridgehead atoms. The van der Waals surface area contributed by atoms with Gasteiger partial charge in [-0.1, -0.05) is 0 Å². The average Bonchev–Trinajstić information content (AvgIpc) is 3.30. The number of hydrazine groups is 1. The van der Waals surface area contributed by atoms with Gasteiger partial charge in [0.05, 0.1) is 43.7 Å². The molecule has 31 heavy (non-hydrogen) atoms. The van der Waals surface area contributed by atoms with E-state index in [9.17, 15) is 4.79 Å². The molecule has 0 aliphatic heterocycles. The van der Waals surface area contributed by atoms with E-state index in [0.29, 0.717) is 11.6 Å². The number of ether oxygens (including phenoxy) is 2. The lowest BCUT2D eigenvalue weighted by Crippen LogP contribution is -2.06. The van der Waals surface area contributed by atoms with Crippen molar-refractivity contribution < 1.29 is 14.3 Å². The Morgan fingerprint density at radius 1 is 1.03 bits per heavy atom. The summed E-state index contributed by atoms with van der Waals surface area (Å²) in [5.74, 6) is 5.06. The van der Waals surface area contributed by atoms with Crippen LogP contribution < -0.4 is 16.0 Å². The molecular weight excluding hydrogens is 398 g/mol.